The lowest BCUT2D eigenvalue weighted by Gasteiger charge is -2.40. The zero-order valence-electron chi connectivity index (χ0n) is 20.8. The Kier molecular flexibility index (Phi) is 6.01. The van der Waals surface area contributed by atoms with Gasteiger partial charge in [0.25, 0.3) is 0 Å². The van der Waals surface area contributed by atoms with Crippen molar-refractivity contribution >= 4 is 0 Å². The van der Waals surface area contributed by atoms with Crippen LogP contribution in [0.1, 0.15) is 45.9 Å². The van der Waals surface area contributed by atoms with Crippen molar-refractivity contribution in [1.82, 2.24) is 0 Å². The van der Waals surface area contributed by atoms with E-state index in [-0.39, 0.29) is 40.5 Å². The molecule has 2 aliphatic rings. The van der Waals surface area contributed by atoms with E-state index in [1.807, 2.05) is 0 Å². The zero-order chi connectivity index (χ0) is 28.3. The number of phenols is 6. The maximum atomic E-state index is 11.7. The van der Waals surface area contributed by atoms with Crippen LogP contribution in [0.2, 0.25) is 0 Å². The number of aliphatic hydroxyl groups excluding tert-OH is 2. The Bertz CT molecular complexity index is 1620. The van der Waals surface area contributed by atoms with Crippen LogP contribution in [0.3, 0.4) is 0 Å². The van der Waals surface area contributed by atoms with E-state index in [2.05, 4.69) is 0 Å². The van der Waals surface area contributed by atoms with Gasteiger partial charge in [-0.25, -0.2) is 0 Å². The van der Waals surface area contributed by atoms with E-state index in [1.54, 1.807) is 6.07 Å². The monoisotopic (exact) mass is 546 g/mol. The fourth-order valence-corrected chi connectivity index (χ4v) is 5.58. The van der Waals surface area contributed by atoms with Crippen molar-refractivity contribution in [3.63, 3.8) is 0 Å². The highest BCUT2D eigenvalue weighted by Crippen LogP contribution is 2.53. The van der Waals surface area contributed by atoms with E-state index >= 15 is 0 Å². The van der Waals surface area contributed by atoms with Gasteiger partial charge >= 0.3 is 0 Å². The fourth-order valence-electron chi connectivity index (χ4n) is 5.58. The molecule has 0 radical (unpaired) electrons. The van der Waals surface area contributed by atoms with E-state index < -0.39 is 47.6 Å². The molecule has 4 aromatic carbocycles. The summed E-state index contributed by atoms with van der Waals surface area (Å²) in [4.78, 5) is 0. The first-order chi connectivity index (χ1) is 19.1. The van der Waals surface area contributed by atoms with Gasteiger partial charge in [-0.15, -0.1) is 0 Å². The van der Waals surface area contributed by atoms with Crippen LogP contribution in [0, 0.1) is 0 Å². The molecule has 6 rings (SSSR count). The molecule has 0 fully saturated rings. The zero-order valence-corrected chi connectivity index (χ0v) is 20.8. The lowest BCUT2D eigenvalue weighted by molar-refractivity contribution is 0.00344. The smallest absolute Gasteiger partial charge is 0.161 e. The van der Waals surface area contributed by atoms with Crippen LogP contribution in [-0.4, -0.2) is 53.1 Å². The SMILES string of the molecule is Oc1ccc2c(c1)O[C@H](c1ccc(O)c(O)c1[C@H]1c3ccc(O)cc3O[C@H](c3ccc(O)c(O)c3)[C@H]1O)[C@@H](O)C2. The van der Waals surface area contributed by atoms with Crippen molar-refractivity contribution in [1.29, 1.82) is 0 Å². The van der Waals surface area contributed by atoms with Crippen molar-refractivity contribution in [3.8, 4) is 46.0 Å². The molecule has 0 saturated heterocycles. The van der Waals surface area contributed by atoms with Crippen LogP contribution in [0.15, 0.2) is 66.7 Å². The van der Waals surface area contributed by atoms with Gasteiger partial charge in [0.2, 0.25) is 0 Å². The second-order valence-electron chi connectivity index (χ2n) is 10.0. The molecule has 10 heteroatoms. The summed E-state index contributed by atoms with van der Waals surface area (Å²) >= 11 is 0. The average molecular weight is 547 g/mol. The lowest BCUT2D eigenvalue weighted by Crippen LogP contribution is -2.37. The summed E-state index contributed by atoms with van der Waals surface area (Å²) in [6.45, 7) is 0. The van der Waals surface area contributed by atoms with Gasteiger partial charge in [-0.2, -0.15) is 0 Å². The Morgan fingerprint density at radius 2 is 1.25 bits per heavy atom. The summed E-state index contributed by atoms with van der Waals surface area (Å²) in [5.74, 6) is -2.55. The summed E-state index contributed by atoms with van der Waals surface area (Å²) in [7, 11) is 0. The van der Waals surface area contributed by atoms with Gasteiger partial charge in [0.1, 0.15) is 29.1 Å². The highest BCUT2D eigenvalue weighted by atomic mass is 16.5. The van der Waals surface area contributed by atoms with Crippen molar-refractivity contribution in [2.75, 3.05) is 0 Å². The first-order valence-electron chi connectivity index (χ1n) is 12.5. The van der Waals surface area contributed by atoms with Crippen LogP contribution in [0.5, 0.6) is 46.0 Å². The number of fused-ring (bicyclic) bond motifs is 2. The van der Waals surface area contributed by atoms with Crippen LogP contribution < -0.4 is 9.47 Å². The molecule has 8 N–H and O–H groups in total. The second-order valence-corrected chi connectivity index (χ2v) is 10.0. The van der Waals surface area contributed by atoms with Crippen LogP contribution in [0.4, 0.5) is 0 Å². The average Bonchev–Trinajstić information content (AvgIpc) is 2.92. The highest BCUT2D eigenvalue weighted by molar-refractivity contribution is 5.59. The van der Waals surface area contributed by atoms with Crippen molar-refractivity contribution in [3.05, 3.63) is 94.5 Å². The maximum absolute atomic E-state index is 11.7. The van der Waals surface area contributed by atoms with E-state index in [4.69, 9.17) is 9.47 Å². The lowest BCUT2D eigenvalue weighted by atomic mass is 9.76. The molecule has 0 aliphatic carbocycles. The van der Waals surface area contributed by atoms with Gasteiger partial charge in [-0.1, -0.05) is 24.3 Å². The number of benzene rings is 4. The van der Waals surface area contributed by atoms with Gasteiger partial charge < -0.3 is 50.3 Å². The summed E-state index contributed by atoms with van der Waals surface area (Å²) in [6.07, 6.45) is -4.53. The molecule has 0 bridgehead atoms. The molecule has 0 unspecified atom stereocenters. The number of aromatic hydroxyl groups is 6. The minimum absolute atomic E-state index is 0.0313. The second kappa shape index (κ2) is 9.44. The molecule has 10 nitrogen and oxygen atoms in total. The van der Waals surface area contributed by atoms with Gasteiger partial charge in [0.15, 0.2) is 35.2 Å². The predicted molar refractivity (Wildman–Crippen MR) is 140 cm³/mol. The van der Waals surface area contributed by atoms with Crippen LogP contribution in [-0.2, 0) is 6.42 Å². The molecule has 0 spiro atoms. The van der Waals surface area contributed by atoms with Crippen molar-refractivity contribution < 1.29 is 50.3 Å². The van der Waals surface area contributed by atoms with E-state index in [1.165, 1.54) is 60.7 Å². The molecule has 0 saturated carbocycles. The Balaban J connectivity index is 1.53. The standard InChI is InChI=1S/C30H26O10/c31-15-3-1-13-9-22(36)30(39-23(13)11-15)18-6-8-20(34)27(37)26(18)25-17-5-4-16(32)12-24(17)40-29(28(25)38)14-2-7-19(33)21(35)10-14/h1-8,10-12,22,25,28-38H,9H2/t22-,25+,28-,29+,30+/m0/s1. The van der Waals surface area contributed by atoms with Crippen molar-refractivity contribution in [2.45, 2.75) is 36.8 Å². The number of phenolic OH excluding ortho intramolecular Hbond substituents is 6. The van der Waals surface area contributed by atoms with Gasteiger partial charge in [0, 0.05) is 41.2 Å². The summed E-state index contributed by atoms with van der Waals surface area (Å²) in [5, 5.41) is 84.7. The first kappa shape index (κ1) is 25.5. The van der Waals surface area contributed by atoms with E-state index in [0.29, 0.717) is 22.4 Å². The molecule has 2 heterocycles. The van der Waals surface area contributed by atoms with Gasteiger partial charge in [-0.3, -0.25) is 0 Å². The van der Waals surface area contributed by atoms with Crippen LogP contribution in [0.25, 0.3) is 0 Å². The number of aliphatic hydroxyl groups is 2. The first-order valence-corrected chi connectivity index (χ1v) is 12.5. The minimum Gasteiger partial charge on any atom is -0.508 e. The molecule has 5 atom stereocenters. The topological polar surface area (TPSA) is 180 Å². The predicted octanol–water partition coefficient (Wildman–Crippen LogP) is 3.58. The molecule has 0 aromatic heterocycles. The third-order valence-electron chi connectivity index (χ3n) is 7.50. The van der Waals surface area contributed by atoms with E-state index in [0.717, 1.165) is 0 Å². The Labute approximate surface area is 227 Å². The van der Waals surface area contributed by atoms with Crippen molar-refractivity contribution in [2.24, 2.45) is 0 Å². The number of ether oxygens (including phenoxy) is 2. The normalized spacial score (nSPS) is 23.4. The largest absolute Gasteiger partial charge is 0.508 e. The molecule has 40 heavy (non-hydrogen) atoms. The van der Waals surface area contributed by atoms with Crippen LogP contribution >= 0.6 is 0 Å². The Morgan fingerprint density at radius 3 is 2.00 bits per heavy atom. The number of hydrogen-bond donors (Lipinski definition) is 8. The highest BCUT2D eigenvalue weighted by Gasteiger charge is 2.44. The summed E-state index contributed by atoms with van der Waals surface area (Å²) in [5.41, 5.74) is 1.67. The molecule has 2 aliphatic heterocycles. The molecular weight excluding hydrogens is 520 g/mol. The fraction of sp³-hybridized carbons (Fsp3) is 0.200. The quantitative estimate of drug-likeness (QED) is 0.177. The Hall–Kier alpha value is -4.80. The Morgan fingerprint density at radius 1 is 0.600 bits per heavy atom. The summed E-state index contributed by atoms with van der Waals surface area (Å²) in [6, 6.07) is 15.4. The third-order valence-corrected chi connectivity index (χ3v) is 7.50. The molecule has 206 valence electrons. The van der Waals surface area contributed by atoms with Gasteiger partial charge in [0.05, 0.1) is 6.10 Å². The van der Waals surface area contributed by atoms with Gasteiger partial charge in [-0.05, 0) is 41.5 Å². The van der Waals surface area contributed by atoms with E-state index in [9.17, 15) is 40.9 Å². The molecule has 4 aromatic rings. The minimum atomic E-state index is -1.43. The number of hydrogen-bond acceptors (Lipinski definition) is 10. The number of rotatable bonds is 3. The molecular formula is C30H26O10. The third kappa shape index (κ3) is 4.14. The summed E-state index contributed by atoms with van der Waals surface area (Å²) < 4.78 is 12.1. The molecule has 0 amide bonds. The maximum Gasteiger partial charge on any atom is 0.161 e.